The van der Waals surface area contributed by atoms with Crippen molar-refractivity contribution in [1.82, 2.24) is 4.57 Å². The van der Waals surface area contributed by atoms with E-state index in [1.807, 2.05) is 11.3 Å². The lowest BCUT2D eigenvalue weighted by atomic mass is 9.65. The number of fused-ring (bicyclic) bond motifs is 6. The zero-order valence-electron chi connectivity index (χ0n) is 31.7. The predicted molar refractivity (Wildman–Crippen MR) is 247 cm³/mol. The van der Waals surface area contributed by atoms with E-state index in [9.17, 15) is 0 Å². The van der Waals surface area contributed by atoms with Crippen LogP contribution in [0.3, 0.4) is 0 Å². The molecule has 9 aromatic carbocycles. The number of rotatable bonds is 8. The quantitative estimate of drug-likeness (QED) is 0.140. The molecule has 2 nitrogen and oxygen atoms in total. The molecule has 0 saturated carbocycles. The summed E-state index contributed by atoms with van der Waals surface area (Å²) in [5, 5.41) is 5.07. The van der Waals surface area contributed by atoms with Crippen molar-refractivity contribution in [3.8, 4) is 5.69 Å². The van der Waals surface area contributed by atoms with Crippen LogP contribution in [0.2, 0.25) is 0 Å². The first-order chi connectivity index (χ1) is 28.8. The number of nitrogens with zero attached hydrogens (tertiary/aromatic N) is 2. The van der Waals surface area contributed by atoms with Gasteiger partial charge in [-0.25, -0.2) is 0 Å². The van der Waals surface area contributed by atoms with Crippen LogP contribution in [0, 0.1) is 0 Å². The first-order valence-corrected chi connectivity index (χ1v) is 20.7. The normalized spacial score (nSPS) is 11.8. The molecule has 11 aromatic rings. The fourth-order valence-electron chi connectivity index (χ4n) is 9.18. The molecule has 58 heavy (non-hydrogen) atoms. The van der Waals surface area contributed by atoms with E-state index in [0.29, 0.717) is 0 Å². The molecule has 2 aromatic heterocycles. The largest absolute Gasteiger partial charge is 0.310 e. The molecule has 2 heterocycles. The van der Waals surface area contributed by atoms with Crippen LogP contribution < -0.4 is 4.90 Å². The molecule has 0 saturated heterocycles. The minimum absolute atomic E-state index is 0.529. The summed E-state index contributed by atoms with van der Waals surface area (Å²) in [6.07, 6.45) is 0. The molecule has 0 unspecified atom stereocenters. The maximum Gasteiger partial charge on any atom is 0.0701 e. The molecule has 0 bridgehead atoms. The standard InChI is InChI=1S/C55H38N2S/c1-5-17-39(18-6-1)55(40-19-7-2-8-20-40,41-21-9-3-10-22-41)42-29-31-44(32-30-42)56(46-34-36-50-49-26-14-16-28-53(49)58-54(50)38-46)45-33-35-48-47-25-13-15-27-51(47)57(52(48)37-45)43-23-11-4-12-24-43/h1-38H. The van der Waals surface area contributed by atoms with Crippen molar-refractivity contribution in [3.05, 3.63) is 253 Å². The molecule has 0 aliphatic heterocycles. The Morgan fingerprint density at radius 1 is 0.328 bits per heavy atom. The summed E-state index contributed by atoms with van der Waals surface area (Å²) in [7, 11) is 0. The molecule has 0 fully saturated rings. The van der Waals surface area contributed by atoms with Crippen LogP contribution in [-0.4, -0.2) is 4.57 Å². The Hall–Kier alpha value is -7.20. The van der Waals surface area contributed by atoms with Crippen molar-refractivity contribution in [2.24, 2.45) is 0 Å². The molecule has 0 aliphatic carbocycles. The number of aromatic nitrogens is 1. The van der Waals surface area contributed by atoms with E-state index in [-0.39, 0.29) is 0 Å². The van der Waals surface area contributed by atoms with Gasteiger partial charge in [-0.15, -0.1) is 11.3 Å². The average molecular weight is 759 g/mol. The molecule has 0 radical (unpaired) electrons. The SMILES string of the molecule is c1ccc(-n2c3ccccc3c3ccc(N(c4ccc(C(c5ccccc5)(c5ccccc5)c5ccccc5)cc4)c4ccc5c(c4)sc4ccccc45)cc32)cc1. The van der Waals surface area contributed by atoms with Gasteiger partial charge in [-0.1, -0.05) is 170 Å². The monoisotopic (exact) mass is 758 g/mol. The van der Waals surface area contributed by atoms with Crippen LogP contribution in [-0.2, 0) is 5.41 Å². The van der Waals surface area contributed by atoms with Crippen LogP contribution in [0.4, 0.5) is 17.1 Å². The third-order valence-electron chi connectivity index (χ3n) is 11.7. The lowest BCUT2D eigenvalue weighted by molar-refractivity contribution is 0.745. The van der Waals surface area contributed by atoms with E-state index in [1.54, 1.807) is 0 Å². The Morgan fingerprint density at radius 3 is 1.41 bits per heavy atom. The Kier molecular flexibility index (Phi) is 8.27. The van der Waals surface area contributed by atoms with Gasteiger partial charge in [0.05, 0.1) is 16.4 Å². The van der Waals surface area contributed by atoms with Gasteiger partial charge in [0.1, 0.15) is 0 Å². The fourth-order valence-corrected chi connectivity index (χ4v) is 10.3. The number of thiophene rings is 1. The molecule has 0 N–H and O–H groups in total. The van der Waals surface area contributed by atoms with Crippen molar-refractivity contribution < 1.29 is 0 Å². The summed E-state index contributed by atoms with van der Waals surface area (Å²) in [6, 6.07) is 84.2. The Balaban J connectivity index is 1.14. The Labute approximate surface area is 342 Å². The molecule has 11 rings (SSSR count). The second kappa shape index (κ2) is 14.1. The molecular weight excluding hydrogens is 721 g/mol. The molecule has 0 atom stereocenters. The molecule has 274 valence electrons. The lowest BCUT2D eigenvalue weighted by Crippen LogP contribution is -2.31. The third kappa shape index (κ3) is 5.47. The minimum Gasteiger partial charge on any atom is -0.310 e. The van der Waals surface area contributed by atoms with Crippen molar-refractivity contribution >= 4 is 70.4 Å². The van der Waals surface area contributed by atoms with Crippen LogP contribution in [0.25, 0.3) is 47.7 Å². The van der Waals surface area contributed by atoms with Crippen LogP contribution in [0.5, 0.6) is 0 Å². The number of hydrogen-bond acceptors (Lipinski definition) is 2. The predicted octanol–water partition coefficient (Wildman–Crippen LogP) is 15.0. The van der Waals surface area contributed by atoms with E-state index in [1.165, 1.54) is 64.2 Å². The number of benzene rings is 9. The van der Waals surface area contributed by atoms with E-state index < -0.39 is 5.41 Å². The zero-order valence-corrected chi connectivity index (χ0v) is 32.6. The molecular formula is C55H38N2S. The van der Waals surface area contributed by atoms with Gasteiger partial charge in [0.2, 0.25) is 0 Å². The first kappa shape index (κ1) is 34.1. The summed E-state index contributed by atoms with van der Waals surface area (Å²) in [6.45, 7) is 0. The van der Waals surface area contributed by atoms with Gasteiger partial charge in [-0.3, -0.25) is 0 Å². The maximum atomic E-state index is 2.43. The molecule has 0 amide bonds. The second-order valence-electron chi connectivity index (χ2n) is 14.9. The van der Waals surface area contributed by atoms with Crippen molar-refractivity contribution in [2.45, 2.75) is 5.41 Å². The highest BCUT2D eigenvalue weighted by atomic mass is 32.1. The summed E-state index contributed by atoms with van der Waals surface area (Å²) in [5.74, 6) is 0. The van der Waals surface area contributed by atoms with Crippen molar-refractivity contribution in [2.75, 3.05) is 4.90 Å². The van der Waals surface area contributed by atoms with Gasteiger partial charge in [0.15, 0.2) is 0 Å². The molecule has 0 spiro atoms. The Morgan fingerprint density at radius 2 is 0.776 bits per heavy atom. The minimum atomic E-state index is -0.529. The highest BCUT2D eigenvalue weighted by Crippen LogP contribution is 2.47. The van der Waals surface area contributed by atoms with E-state index in [2.05, 4.69) is 240 Å². The van der Waals surface area contributed by atoms with Gasteiger partial charge in [-0.2, -0.15) is 0 Å². The summed E-state index contributed by atoms with van der Waals surface area (Å²) in [4.78, 5) is 2.43. The number of para-hydroxylation sites is 2. The van der Waals surface area contributed by atoms with Gasteiger partial charge in [0.25, 0.3) is 0 Å². The summed E-state index contributed by atoms with van der Waals surface area (Å²) in [5.41, 5.74) is 11.2. The van der Waals surface area contributed by atoms with Gasteiger partial charge < -0.3 is 9.47 Å². The van der Waals surface area contributed by atoms with Crippen LogP contribution >= 0.6 is 11.3 Å². The van der Waals surface area contributed by atoms with Gasteiger partial charge in [0, 0.05) is 53.7 Å². The second-order valence-corrected chi connectivity index (χ2v) is 16.0. The molecule has 0 aliphatic rings. The Bertz CT molecular complexity index is 3110. The number of hydrogen-bond donors (Lipinski definition) is 0. The third-order valence-corrected chi connectivity index (χ3v) is 12.9. The lowest BCUT2D eigenvalue weighted by Gasteiger charge is -2.37. The van der Waals surface area contributed by atoms with Crippen LogP contribution in [0.15, 0.2) is 231 Å². The fraction of sp³-hybridized carbons (Fsp3) is 0.0182. The van der Waals surface area contributed by atoms with Gasteiger partial charge in [-0.05, 0) is 82.9 Å². The van der Waals surface area contributed by atoms with E-state index in [0.717, 1.165) is 22.7 Å². The molecule has 3 heteroatoms. The van der Waals surface area contributed by atoms with Gasteiger partial charge >= 0.3 is 0 Å². The maximum absolute atomic E-state index is 2.43. The van der Waals surface area contributed by atoms with Crippen LogP contribution in [0.1, 0.15) is 22.3 Å². The van der Waals surface area contributed by atoms with Crippen molar-refractivity contribution in [3.63, 3.8) is 0 Å². The smallest absolute Gasteiger partial charge is 0.0701 e. The average Bonchev–Trinajstić information content (AvgIpc) is 3.84. The van der Waals surface area contributed by atoms with E-state index >= 15 is 0 Å². The summed E-state index contributed by atoms with van der Waals surface area (Å²) < 4.78 is 4.98. The first-order valence-electron chi connectivity index (χ1n) is 19.8. The number of anilines is 3. The summed E-state index contributed by atoms with van der Waals surface area (Å²) >= 11 is 1.86. The topological polar surface area (TPSA) is 8.17 Å². The van der Waals surface area contributed by atoms with E-state index in [4.69, 9.17) is 0 Å². The van der Waals surface area contributed by atoms with Crippen molar-refractivity contribution in [1.29, 1.82) is 0 Å². The zero-order chi connectivity index (χ0) is 38.5. The highest BCUT2D eigenvalue weighted by molar-refractivity contribution is 7.25. The highest BCUT2D eigenvalue weighted by Gasteiger charge is 2.38.